The Morgan fingerprint density at radius 2 is 2.00 bits per heavy atom. The fourth-order valence-electron chi connectivity index (χ4n) is 2.09. The fraction of sp³-hybridized carbons (Fsp3) is 0.600. The van der Waals surface area contributed by atoms with Crippen LogP contribution in [0.1, 0.15) is 37.8 Å². The van der Waals surface area contributed by atoms with Crippen LogP contribution in [0.2, 0.25) is 0 Å². The molecule has 2 unspecified atom stereocenters. The lowest BCUT2D eigenvalue weighted by Crippen LogP contribution is -2.39. The molecule has 3 nitrogen and oxygen atoms in total. The van der Waals surface area contributed by atoms with Crippen molar-refractivity contribution in [2.24, 2.45) is 0 Å². The van der Waals surface area contributed by atoms with Crippen molar-refractivity contribution in [3.63, 3.8) is 0 Å². The first kappa shape index (κ1) is 16.1. The van der Waals surface area contributed by atoms with Gasteiger partial charge in [-0.05, 0) is 24.1 Å². The summed E-state index contributed by atoms with van der Waals surface area (Å²) in [5, 5.41) is 12.7. The maximum Gasteiger partial charge on any atom is 0.123 e. The highest BCUT2D eigenvalue weighted by molar-refractivity contribution is 5.20. The molecular weight excluding hydrogens is 245 g/mol. The van der Waals surface area contributed by atoms with E-state index in [9.17, 15) is 9.50 Å². The van der Waals surface area contributed by atoms with E-state index in [2.05, 4.69) is 12.2 Å². The average Bonchev–Trinajstić information content (AvgIpc) is 2.43. The molecule has 0 spiro atoms. The van der Waals surface area contributed by atoms with E-state index in [-0.39, 0.29) is 24.5 Å². The molecule has 0 aliphatic rings. The van der Waals surface area contributed by atoms with Gasteiger partial charge in [0.15, 0.2) is 0 Å². The lowest BCUT2D eigenvalue weighted by Gasteiger charge is -2.24. The average molecular weight is 269 g/mol. The Balaban J connectivity index is 2.72. The van der Waals surface area contributed by atoms with Crippen LogP contribution >= 0.6 is 0 Å². The quantitative estimate of drug-likeness (QED) is 0.724. The highest BCUT2D eigenvalue weighted by atomic mass is 19.1. The first-order valence-electron chi connectivity index (χ1n) is 6.82. The number of halogens is 1. The van der Waals surface area contributed by atoms with Crippen LogP contribution in [0, 0.1) is 5.82 Å². The van der Waals surface area contributed by atoms with Gasteiger partial charge in [0.05, 0.1) is 19.3 Å². The molecule has 0 aliphatic heterocycles. The van der Waals surface area contributed by atoms with Crippen molar-refractivity contribution in [2.75, 3.05) is 20.3 Å². The molecule has 108 valence electrons. The molecule has 0 bridgehead atoms. The second-order valence-corrected chi connectivity index (χ2v) is 4.75. The zero-order valence-electron chi connectivity index (χ0n) is 11.7. The van der Waals surface area contributed by atoms with Crippen LogP contribution in [0.3, 0.4) is 0 Å². The summed E-state index contributed by atoms with van der Waals surface area (Å²) in [5.74, 6) is -0.228. The van der Waals surface area contributed by atoms with E-state index in [1.807, 2.05) is 0 Å². The molecule has 1 aromatic rings. The minimum absolute atomic E-state index is 0.0255. The Labute approximate surface area is 114 Å². The molecule has 2 atom stereocenters. The summed E-state index contributed by atoms with van der Waals surface area (Å²) in [6, 6.07) is 6.55. The van der Waals surface area contributed by atoms with Crippen molar-refractivity contribution in [3.8, 4) is 0 Å². The molecule has 0 aromatic heterocycles. The van der Waals surface area contributed by atoms with Gasteiger partial charge in [0.25, 0.3) is 0 Å². The highest BCUT2D eigenvalue weighted by Gasteiger charge is 2.16. The van der Waals surface area contributed by atoms with Gasteiger partial charge in [0, 0.05) is 13.2 Å². The molecule has 0 saturated carbocycles. The molecular formula is C15H24FNO2. The van der Waals surface area contributed by atoms with E-state index in [1.54, 1.807) is 19.2 Å². The van der Waals surface area contributed by atoms with Gasteiger partial charge < -0.3 is 15.2 Å². The van der Waals surface area contributed by atoms with Crippen LogP contribution in [0.5, 0.6) is 0 Å². The van der Waals surface area contributed by atoms with Gasteiger partial charge in [-0.2, -0.15) is 0 Å². The van der Waals surface area contributed by atoms with Gasteiger partial charge >= 0.3 is 0 Å². The van der Waals surface area contributed by atoms with E-state index in [4.69, 9.17) is 4.74 Å². The molecule has 4 heteroatoms. The van der Waals surface area contributed by atoms with Crippen molar-refractivity contribution in [1.29, 1.82) is 0 Å². The normalized spacial score (nSPS) is 14.3. The third-order valence-corrected chi connectivity index (χ3v) is 3.14. The van der Waals surface area contributed by atoms with Gasteiger partial charge in [-0.1, -0.05) is 31.9 Å². The van der Waals surface area contributed by atoms with Crippen molar-refractivity contribution in [3.05, 3.63) is 35.6 Å². The number of unbranched alkanes of at least 4 members (excludes halogenated alkanes) is 1. The molecule has 19 heavy (non-hydrogen) atoms. The van der Waals surface area contributed by atoms with Crippen LogP contribution in [0.15, 0.2) is 24.3 Å². The lowest BCUT2D eigenvalue weighted by molar-refractivity contribution is 0.121. The molecule has 0 saturated heterocycles. The predicted molar refractivity (Wildman–Crippen MR) is 74.6 cm³/mol. The molecule has 2 N–H and O–H groups in total. The van der Waals surface area contributed by atoms with Crippen LogP contribution in [-0.2, 0) is 4.74 Å². The first-order chi connectivity index (χ1) is 9.21. The summed E-state index contributed by atoms with van der Waals surface area (Å²) in [4.78, 5) is 0. The Hall–Kier alpha value is -0.970. The molecule has 1 rings (SSSR count). The monoisotopic (exact) mass is 269 g/mol. The first-order valence-corrected chi connectivity index (χ1v) is 6.82. The van der Waals surface area contributed by atoms with Gasteiger partial charge in [-0.25, -0.2) is 4.39 Å². The lowest BCUT2D eigenvalue weighted by atomic mass is 10.00. The topological polar surface area (TPSA) is 41.5 Å². The van der Waals surface area contributed by atoms with Gasteiger partial charge in [0.2, 0.25) is 0 Å². The van der Waals surface area contributed by atoms with Crippen molar-refractivity contribution >= 4 is 0 Å². The van der Waals surface area contributed by atoms with E-state index < -0.39 is 0 Å². The highest BCUT2D eigenvalue weighted by Crippen LogP contribution is 2.20. The molecule has 0 amide bonds. The van der Waals surface area contributed by atoms with Crippen LogP contribution in [0.25, 0.3) is 0 Å². The van der Waals surface area contributed by atoms with E-state index in [0.717, 1.165) is 24.8 Å². The molecule has 0 aliphatic carbocycles. The van der Waals surface area contributed by atoms with Crippen molar-refractivity contribution in [1.82, 2.24) is 5.32 Å². The summed E-state index contributed by atoms with van der Waals surface area (Å²) >= 11 is 0. The Kier molecular flexibility index (Phi) is 7.63. The van der Waals surface area contributed by atoms with E-state index >= 15 is 0 Å². The number of hydrogen-bond acceptors (Lipinski definition) is 3. The maximum absolute atomic E-state index is 13.0. The minimum Gasteiger partial charge on any atom is -0.395 e. The van der Waals surface area contributed by atoms with Gasteiger partial charge in [-0.3, -0.25) is 0 Å². The largest absolute Gasteiger partial charge is 0.395 e. The van der Waals surface area contributed by atoms with Gasteiger partial charge in [-0.15, -0.1) is 0 Å². The maximum atomic E-state index is 13.0. The van der Waals surface area contributed by atoms with E-state index in [0.29, 0.717) is 6.61 Å². The number of benzene rings is 1. The van der Waals surface area contributed by atoms with E-state index in [1.165, 1.54) is 12.1 Å². The number of rotatable bonds is 9. The smallest absolute Gasteiger partial charge is 0.123 e. The summed E-state index contributed by atoms with van der Waals surface area (Å²) < 4.78 is 18.0. The number of hydrogen-bond donors (Lipinski definition) is 2. The number of aliphatic hydroxyl groups excluding tert-OH is 1. The van der Waals surface area contributed by atoms with Crippen LogP contribution < -0.4 is 5.32 Å². The predicted octanol–water partition coefficient (Wildman–Crippen LogP) is 2.65. The van der Waals surface area contributed by atoms with Crippen molar-refractivity contribution < 1.29 is 14.2 Å². The fourth-order valence-corrected chi connectivity index (χ4v) is 2.09. The summed E-state index contributed by atoms with van der Waals surface area (Å²) in [5.41, 5.74) is 1.05. The van der Waals surface area contributed by atoms with Crippen LogP contribution in [0.4, 0.5) is 4.39 Å². The number of aliphatic hydroxyl groups is 1. The molecule has 0 fully saturated rings. The number of nitrogens with one attached hydrogen (secondary N) is 1. The number of methoxy groups -OCH3 is 1. The zero-order valence-corrected chi connectivity index (χ0v) is 11.7. The minimum atomic E-state index is -0.228. The second kappa shape index (κ2) is 9.02. The standard InChI is InChI=1S/C15H24FNO2/c1-3-4-5-15(17-14(10-18)11-19-2)12-6-8-13(16)9-7-12/h6-9,14-15,17-18H,3-5,10-11H2,1-2H3. The van der Waals surface area contributed by atoms with Crippen molar-refractivity contribution in [2.45, 2.75) is 38.3 Å². The van der Waals surface area contributed by atoms with Crippen LogP contribution in [-0.4, -0.2) is 31.5 Å². The van der Waals surface area contributed by atoms with Gasteiger partial charge in [0.1, 0.15) is 5.82 Å². The molecule has 0 radical (unpaired) electrons. The number of ether oxygens (including phenoxy) is 1. The molecule has 0 heterocycles. The Morgan fingerprint density at radius 1 is 1.32 bits per heavy atom. The third-order valence-electron chi connectivity index (χ3n) is 3.14. The summed E-state index contributed by atoms with van der Waals surface area (Å²) in [7, 11) is 1.61. The SMILES string of the molecule is CCCCC(NC(CO)COC)c1ccc(F)cc1. The molecule has 1 aromatic carbocycles. The Bertz CT molecular complexity index is 343. The summed E-state index contributed by atoms with van der Waals surface area (Å²) in [6.07, 6.45) is 3.15. The Morgan fingerprint density at radius 3 is 2.53 bits per heavy atom. The second-order valence-electron chi connectivity index (χ2n) is 4.75. The third kappa shape index (κ3) is 5.68. The summed E-state index contributed by atoms with van der Waals surface area (Å²) in [6.45, 7) is 2.62. The zero-order chi connectivity index (χ0) is 14.1.